The summed E-state index contributed by atoms with van der Waals surface area (Å²) in [7, 11) is 0. The van der Waals surface area contributed by atoms with E-state index < -0.39 is 0 Å². The van der Waals surface area contributed by atoms with Gasteiger partial charge in [0.15, 0.2) is 5.82 Å². The number of hydrogen-bond acceptors (Lipinski definition) is 3. The summed E-state index contributed by atoms with van der Waals surface area (Å²) in [6.07, 6.45) is 8.62. The maximum Gasteiger partial charge on any atom is 0.223 e. The molecule has 0 bridgehead atoms. The van der Waals surface area contributed by atoms with Crippen molar-refractivity contribution in [1.82, 2.24) is 20.1 Å². The first kappa shape index (κ1) is 13.5. The van der Waals surface area contributed by atoms with Crippen LogP contribution < -0.4 is 5.32 Å². The summed E-state index contributed by atoms with van der Waals surface area (Å²) in [4.78, 5) is 12.1. The Hall–Kier alpha value is -2.43. The molecule has 3 rings (SSSR count). The molecule has 0 aliphatic heterocycles. The Balaban J connectivity index is 1.65. The molecule has 1 aromatic carbocycles. The van der Waals surface area contributed by atoms with Crippen LogP contribution in [0, 0.1) is 5.92 Å². The van der Waals surface area contributed by atoms with Gasteiger partial charge in [0, 0.05) is 11.6 Å². The second-order valence-corrected chi connectivity index (χ2v) is 5.15. The van der Waals surface area contributed by atoms with Gasteiger partial charge in [0.05, 0.1) is 6.54 Å². The Bertz CT molecular complexity index is 633. The molecule has 5 heteroatoms. The Morgan fingerprint density at radius 1 is 1.29 bits per heavy atom. The first-order valence-electron chi connectivity index (χ1n) is 7.21. The molecule has 5 nitrogen and oxygen atoms in total. The minimum atomic E-state index is 0.0862. The van der Waals surface area contributed by atoms with Gasteiger partial charge >= 0.3 is 0 Å². The third kappa shape index (κ3) is 3.18. The topological polar surface area (TPSA) is 59.8 Å². The number of para-hydroxylation sites is 1. The summed E-state index contributed by atoms with van der Waals surface area (Å²) >= 11 is 0. The summed E-state index contributed by atoms with van der Waals surface area (Å²) in [5, 5.41) is 11.0. The molecule has 0 saturated heterocycles. The van der Waals surface area contributed by atoms with Gasteiger partial charge in [-0.15, -0.1) is 10.2 Å². The molecule has 1 atom stereocenters. The van der Waals surface area contributed by atoms with Crippen LogP contribution in [0.1, 0.15) is 25.1 Å². The molecule has 1 aliphatic carbocycles. The van der Waals surface area contributed by atoms with Crippen LogP contribution in [0.25, 0.3) is 5.69 Å². The van der Waals surface area contributed by atoms with Crippen molar-refractivity contribution in [2.24, 2.45) is 5.92 Å². The normalized spacial score (nSPS) is 17.6. The van der Waals surface area contributed by atoms with E-state index in [1.807, 2.05) is 34.9 Å². The highest BCUT2D eigenvalue weighted by atomic mass is 16.1. The molecular formula is C16H18N4O. The number of allylic oxidation sites excluding steroid dienone is 2. The predicted octanol–water partition coefficient (Wildman–Crippen LogP) is 2.24. The van der Waals surface area contributed by atoms with Gasteiger partial charge in [-0.2, -0.15) is 0 Å². The maximum absolute atomic E-state index is 12.1. The molecule has 21 heavy (non-hydrogen) atoms. The first-order valence-corrected chi connectivity index (χ1v) is 7.21. The number of carbonyl (C=O) groups is 1. The van der Waals surface area contributed by atoms with E-state index in [2.05, 4.69) is 27.7 Å². The number of benzene rings is 1. The van der Waals surface area contributed by atoms with Gasteiger partial charge in [-0.1, -0.05) is 30.4 Å². The van der Waals surface area contributed by atoms with Crippen LogP contribution in [-0.4, -0.2) is 20.7 Å². The van der Waals surface area contributed by atoms with Crippen molar-refractivity contribution >= 4 is 5.91 Å². The maximum atomic E-state index is 12.1. The lowest BCUT2D eigenvalue weighted by Gasteiger charge is -2.17. The zero-order valence-corrected chi connectivity index (χ0v) is 11.8. The number of nitrogens with zero attached hydrogens (tertiary/aromatic N) is 3. The average molecular weight is 282 g/mol. The molecular weight excluding hydrogens is 264 g/mol. The molecule has 1 N–H and O–H groups in total. The van der Waals surface area contributed by atoms with Crippen molar-refractivity contribution in [3.63, 3.8) is 0 Å². The monoisotopic (exact) mass is 282 g/mol. The van der Waals surface area contributed by atoms with E-state index in [0.29, 0.717) is 6.54 Å². The third-order valence-corrected chi connectivity index (χ3v) is 3.71. The molecule has 0 radical (unpaired) electrons. The van der Waals surface area contributed by atoms with Gasteiger partial charge in [0.1, 0.15) is 6.33 Å². The van der Waals surface area contributed by atoms with Crippen LogP contribution >= 0.6 is 0 Å². The standard InChI is InChI=1S/C16H18N4O/c21-16(13-7-3-1-4-8-13)17-11-15-19-18-12-20(15)14-9-5-2-6-10-14/h1-3,5-6,9-10,12-13H,4,7-8,11H2,(H,17,21)/t13-/m1/s1. The number of carbonyl (C=O) groups excluding carboxylic acids is 1. The fraction of sp³-hybridized carbons (Fsp3) is 0.312. The zero-order valence-electron chi connectivity index (χ0n) is 11.8. The summed E-state index contributed by atoms with van der Waals surface area (Å²) in [5.41, 5.74) is 0.993. The number of rotatable bonds is 4. The van der Waals surface area contributed by atoms with Crippen molar-refractivity contribution in [3.8, 4) is 5.69 Å². The lowest BCUT2D eigenvalue weighted by atomic mass is 9.94. The minimum Gasteiger partial charge on any atom is -0.349 e. The number of aromatic nitrogens is 3. The molecule has 0 unspecified atom stereocenters. The van der Waals surface area contributed by atoms with E-state index in [4.69, 9.17) is 0 Å². The summed E-state index contributed by atoms with van der Waals surface area (Å²) < 4.78 is 1.89. The third-order valence-electron chi connectivity index (χ3n) is 3.71. The largest absolute Gasteiger partial charge is 0.349 e. The lowest BCUT2D eigenvalue weighted by Crippen LogP contribution is -2.31. The van der Waals surface area contributed by atoms with Crippen molar-refractivity contribution in [2.45, 2.75) is 25.8 Å². The van der Waals surface area contributed by atoms with Crippen LogP contribution in [0.3, 0.4) is 0 Å². The Morgan fingerprint density at radius 3 is 2.90 bits per heavy atom. The van der Waals surface area contributed by atoms with E-state index in [1.165, 1.54) is 0 Å². The van der Waals surface area contributed by atoms with Gasteiger partial charge < -0.3 is 5.32 Å². The fourth-order valence-corrected chi connectivity index (χ4v) is 2.53. The SMILES string of the molecule is O=C(NCc1nncn1-c1ccccc1)[C@@H]1CC=CCC1. The lowest BCUT2D eigenvalue weighted by molar-refractivity contribution is -0.125. The second kappa shape index (κ2) is 6.35. The molecule has 0 saturated carbocycles. The Kier molecular flexibility index (Phi) is 4.09. The fourth-order valence-electron chi connectivity index (χ4n) is 2.53. The van der Waals surface area contributed by atoms with E-state index in [0.717, 1.165) is 30.8 Å². The molecule has 2 aromatic rings. The molecule has 1 aliphatic rings. The minimum absolute atomic E-state index is 0.0862. The first-order chi connectivity index (χ1) is 10.3. The van der Waals surface area contributed by atoms with Crippen molar-refractivity contribution in [3.05, 3.63) is 54.6 Å². The average Bonchev–Trinajstić information content (AvgIpc) is 3.03. The van der Waals surface area contributed by atoms with Crippen molar-refractivity contribution < 1.29 is 4.79 Å². The van der Waals surface area contributed by atoms with Gasteiger partial charge in [-0.25, -0.2) is 0 Å². The highest BCUT2D eigenvalue weighted by Gasteiger charge is 2.19. The van der Waals surface area contributed by atoms with Crippen LogP contribution in [0.4, 0.5) is 0 Å². The van der Waals surface area contributed by atoms with Gasteiger partial charge in [-0.05, 0) is 31.4 Å². The molecule has 1 heterocycles. The van der Waals surface area contributed by atoms with Gasteiger partial charge in [0.2, 0.25) is 5.91 Å². The van der Waals surface area contributed by atoms with E-state index >= 15 is 0 Å². The molecule has 1 aromatic heterocycles. The van der Waals surface area contributed by atoms with Gasteiger partial charge in [-0.3, -0.25) is 9.36 Å². The van der Waals surface area contributed by atoms with E-state index in [-0.39, 0.29) is 11.8 Å². The Morgan fingerprint density at radius 2 is 2.14 bits per heavy atom. The number of amides is 1. The smallest absolute Gasteiger partial charge is 0.223 e. The van der Waals surface area contributed by atoms with Crippen LogP contribution in [0.2, 0.25) is 0 Å². The molecule has 108 valence electrons. The van der Waals surface area contributed by atoms with E-state index in [9.17, 15) is 4.79 Å². The zero-order chi connectivity index (χ0) is 14.5. The van der Waals surface area contributed by atoms with E-state index in [1.54, 1.807) is 6.33 Å². The predicted molar refractivity (Wildman–Crippen MR) is 79.7 cm³/mol. The Labute approximate surface area is 123 Å². The number of hydrogen-bond donors (Lipinski definition) is 1. The highest BCUT2D eigenvalue weighted by molar-refractivity contribution is 5.78. The molecule has 0 spiro atoms. The van der Waals surface area contributed by atoms with Crippen LogP contribution in [-0.2, 0) is 11.3 Å². The van der Waals surface area contributed by atoms with Crippen molar-refractivity contribution in [2.75, 3.05) is 0 Å². The number of nitrogens with one attached hydrogen (secondary N) is 1. The van der Waals surface area contributed by atoms with Crippen LogP contribution in [0.5, 0.6) is 0 Å². The summed E-state index contributed by atoms with van der Waals surface area (Å²) in [6, 6.07) is 9.87. The van der Waals surface area contributed by atoms with Gasteiger partial charge in [0.25, 0.3) is 0 Å². The second-order valence-electron chi connectivity index (χ2n) is 5.15. The quantitative estimate of drug-likeness (QED) is 0.875. The van der Waals surface area contributed by atoms with Crippen molar-refractivity contribution in [1.29, 1.82) is 0 Å². The summed E-state index contributed by atoms with van der Waals surface area (Å²) in [6.45, 7) is 0.397. The molecule has 1 amide bonds. The highest BCUT2D eigenvalue weighted by Crippen LogP contribution is 2.18. The molecule has 0 fully saturated rings. The van der Waals surface area contributed by atoms with Crippen LogP contribution in [0.15, 0.2) is 48.8 Å². The summed E-state index contributed by atoms with van der Waals surface area (Å²) in [5.74, 6) is 0.922.